The van der Waals surface area contributed by atoms with Gasteiger partial charge in [0, 0.05) is 13.1 Å². The Morgan fingerprint density at radius 1 is 1.33 bits per heavy atom. The maximum Gasteiger partial charge on any atom is 0.252 e. The van der Waals surface area contributed by atoms with Crippen LogP contribution in [0.3, 0.4) is 0 Å². The Hall–Kier alpha value is -2.21. The maximum atomic E-state index is 12.2. The average molecular weight is 289 g/mol. The molecule has 6 nitrogen and oxygen atoms in total. The summed E-state index contributed by atoms with van der Waals surface area (Å²) >= 11 is 0. The quantitative estimate of drug-likeness (QED) is 0.774. The number of carbonyl (C=O) groups excluding carboxylic acids is 3. The molecule has 1 aromatic rings. The smallest absolute Gasteiger partial charge is 0.252 e. The summed E-state index contributed by atoms with van der Waals surface area (Å²) in [5.74, 6) is -1.49. The molecular formula is C15H19N3O3. The third-order valence-electron chi connectivity index (χ3n) is 3.83. The van der Waals surface area contributed by atoms with Crippen LogP contribution >= 0.6 is 0 Å². The molecule has 3 N–H and O–H groups in total. The van der Waals surface area contributed by atoms with Crippen LogP contribution in [-0.4, -0.2) is 35.7 Å². The van der Waals surface area contributed by atoms with Crippen molar-refractivity contribution >= 4 is 17.7 Å². The van der Waals surface area contributed by atoms with E-state index in [1.807, 2.05) is 30.3 Å². The topological polar surface area (TPSA) is 92.5 Å². The molecule has 0 aliphatic carbocycles. The Morgan fingerprint density at radius 3 is 2.48 bits per heavy atom. The molecule has 0 spiro atoms. The molecule has 1 aromatic carbocycles. The SMILES string of the molecule is CC(C(=O)NC1CC(=O)N(C)C1=O)C(N)c1ccccc1. The molecule has 0 bridgehead atoms. The molecule has 0 radical (unpaired) electrons. The minimum Gasteiger partial charge on any atom is -0.343 e. The largest absolute Gasteiger partial charge is 0.343 e. The number of hydrogen-bond acceptors (Lipinski definition) is 4. The van der Waals surface area contributed by atoms with E-state index in [-0.39, 0.29) is 24.1 Å². The minimum atomic E-state index is -0.777. The number of likely N-dealkylation sites (N-methyl/N-ethyl adjacent to an activating group) is 1. The van der Waals surface area contributed by atoms with Crippen molar-refractivity contribution in [3.63, 3.8) is 0 Å². The van der Waals surface area contributed by atoms with E-state index >= 15 is 0 Å². The number of nitrogens with two attached hydrogens (primary N) is 1. The van der Waals surface area contributed by atoms with E-state index in [0.717, 1.165) is 10.5 Å². The summed E-state index contributed by atoms with van der Waals surface area (Å²) in [4.78, 5) is 36.4. The molecule has 1 aliphatic heterocycles. The lowest BCUT2D eigenvalue weighted by atomic mass is 9.94. The average Bonchev–Trinajstić information content (AvgIpc) is 2.74. The number of nitrogens with one attached hydrogen (secondary N) is 1. The summed E-state index contributed by atoms with van der Waals surface area (Å²) in [6.45, 7) is 1.71. The number of benzene rings is 1. The number of rotatable bonds is 4. The van der Waals surface area contributed by atoms with E-state index in [4.69, 9.17) is 5.73 Å². The van der Waals surface area contributed by atoms with Crippen LogP contribution in [0.1, 0.15) is 24.9 Å². The molecule has 3 amide bonds. The van der Waals surface area contributed by atoms with Crippen molar-refractivity contribution in [3.8, 4) is 0 Å². The number of amides is 3. The summed E-state index contributed by atoms with van der Waals surface area (Å²) in [5, 5.41) is 2.61. The van der Waals surface area contributed by atoms with E-state index in [0.29, 0.717) is 0 Å². The third kappa shape index (κ3) is 3.11. The molecule has 21 heavy (non-hydrogen) atoms. The fourth-order valence-electron chi connectivity index (χ4n) is 2.30. The monoisotopic (exact) mass is 289 g/mol. The molecule has 1 fully saturated rings. The van der Waals surface area contributed by atoms with Crippen molar-refractivity contribution in [2.24, 2.45) is 11.7 Å². The predicted molar refractivity (Wildman–Crippen MR) is 76.9 cm³/mol. The van der Waals surface area contributed by atoms with E-state index in [2.05, 4.69) is 5.32 Å². The van der Waals surface area contributed by atoms with E-state index in [9.17, 15) is 14.4 Å². The van der Waals surface area contributed by atoms with Gasteiger partial charge in [-0.05, 0) is 5.56 Å². The van der Waals surface area contributed by atoms with Crippen LogP contribution in [0.5, 0.6) is 0 Å². The summed E-state index contributed by atoms with van der Waals surface area (Å²) in [7, 11) is 1.41. The molecule has 6 heteroatoms. The second-order valence-electron chi connectivity index (χ2n) is 5.28. The van der Waals surface area contributed by atoms with Gasteiger partial charge in [0.25, 0.3) is 5.91 Å². The van der Waals surface area contributed by atoms with E-state index in [1.54, 1.807) is 6.92 Å². The second kappa shape index (κ2) is 6.05. The molecule has 3 atom stereocenters. The second-order valence-corrected chi connectivity index (χ2v) is 5.28. The Balaban J connectivity index is 2.00. The van der Waals surface area contributed by atoms with Gasteiger partial charge >= 0.3 is 0 Å². The molecule has 3 unspecified atom stereocenters. The van der Waals surface area contributed by atoms with Crippen LogP contribution < -0.4 is 11.1 Å². The first-order valence-electron chi connectivity index (χ1n) is 6.83. The Bertz CT molecular complexity index is 559. The highest BCUT2D eigenvalue weighted by Crippen LogP contribution is 2.20. The molecule has 1 saturated heterocycles. The zero-order chi connectivity index (χ0) is 15.6. The van der Waals surface area contributed by atoms with E-state index in [1.165, 1.54) is 7.05 Å². The highest BCUT2D eigenvalue weighted by atomic mass is 16.2. The van der Waals surface area contributed by atoms with Crippen molar-refractivity contribution in [2.45, 2.75) is 25.4 Å². The first-order chi connectivity index (χ1) is 9.91. The number of carbonyl (C=O) groups is 3. The minimum absolute atomic E-state index is 0.00830. The summed E-state index contributed by atoms with van der Waals surface area (Å²) in [5.41, 5.74) is 6.93. The highest BCUT2D eigenvalue weighted by Gasteiger charge is 2.38. The van der Waals surface area contributed by atoms with Gasteiger partial charge < -0.3 is 11.1 Å². The summed E-state index contributed by atoms with van der Waals surface area (Å²) < 4.78 is 0. The first kappa shape index (κ1) is 15.2. The predicted octanol–water partition coefficient (Wildman–Crippen LogP) is 0.196. The van der Waals surface area contributed by atoms with Gasteiger partial charge in [0.05, 0.1) is 12.3 Å². The van der Waals surface area contributed by atoms with Crippen LogP contribution in [0.25, 0.3) is 0 Å². The standard InChI is InChI=1S/C15H19N3O3/c1-9(13(16)10-6-4-3-5-7-10)14(20)17-11-8-12(19)18(2)15(11)21/h3-7,9,11,13H,8,16H2,1-2H3,(H,17,20). The number of nitrogens with zero attached hydrogens (tertiary/aromatic N) is 1. The Morgan fingerprint density at radius 2 is 1.95 bits per heavy atom. The molecule has 0 saturated carbocycles. The zero-order valence-corrected chi connectivity index (χ0v) is 12.1. The van der Waals surface area contributed by atoms with Crippen LogP contribution in [0.4, 0.5) is 0 Å². The molecule has 1 heterocycles. The van der Waals surface area contributed by atoms with Crippen LogP contribution in [-0.2, 0) is 14.4 Å². The normalized spacial score (nSPS) is 21.3. The lowest BCUT2D eigenvalue weighted by Gasteiger charge is -2.21. The van der Waals surface area contributed by atoms with Crippen molar-refractivity contribution in [2.75, 3.05) is 7.05 Å². The van der Waals surface area contributed by atoms with Gasteiger partial charge in [-0.15, -0.1) is 0 Å². The van der Waals surface area contributed by atoms with Gasteiger partial charge in [-0.25, -0.2) is 0 Å². The number of imide groups is 1. The molecule has 112 valence electrons. The maximum absolute atomic E-state index is 12.2. The van der Waals surface area contributed by atoms with Crippen LogP contribution in [0, 0.1) is 5.92 Å². The van der Waals surface area contributed by atoms with Gasteiger partial charge in [-0.1, -0.05) is 37.3 Å². The molecule has 2 rings (SSSR count). The van der Waals surface area contributed by atoms with Gasteiger partial charge in [0.2, 0.25) is 11.8 Å². The van der Waals surface area contributed by atoms with Crippen LogP contribution in [0.15, 0.2) is 30.3 Å². The summed E-state index contributed by atoms with van der Waals surface area (Å²) in [6.07, 6.45) is 0.00830. The van der Waals surface area contributed by atoms with Gasteiger partial charge in [0.15, 0.2) is 0 Å². The fraction of sp³-hybridized carbons (Fsp3) is 0.400. The van der Waals surface area contributed by atoms with Crippen molar-refractivity contribution < 1.29 is 14.4 Å². The molecule has 0 aromatic heterocycles. The van der Waals surface area contributed by atoms with Crippen molar-refractivity contribution in [1.29, 1.82) is 0 Å². The Labute approximate surface area is 123 Å². The molecule has 1 aliphatic rings. The Kier molecular flexibility index (Phi) is 4.37. The van der Waals surface area contributed by atoms with Crippen LogP contribution in [0.2, 0.25) is 0 Å². The van der Waals surface area contributed by atoms with Gasteiger partial charge in [-0.3, -0.25) is 19.3 Å². The third-order valence-corrected chi connectivity index (χ3v) is 3.83. The van der Waals surface area contributed by atoms with E-state index < -0.39 is 18.0 Å². The fourth-order valence-corrected chi connectivity index (χ4v) is 2.30. The number of hydrogen-bond donors (Lipinski definition) is 2. The molecular weight excluding hydrogens is 270 g/mol. The van der Waals surface area contributed by atoms with Gasteiger partial charge in [0.1, 0.15) is 6.04 Å². The lowest BCUT2D eigenvalue weighted by Crippen LogP contribution is -2.44. The lowest BCUT2D eigenvalue weighted by molar-refractivity contribution is -0.138. The van der Waals surface area contributed by atoms with Crippen molar-refractivity contribution in [3.05, 3.63) is 35.9 Å². The van der Waals surface area contributed by atoms with Gasteiger partial charge in [-0.2, -0.15) is 0 Å². The first-order valence-corrected chi connectivity index (χ1v) is 6.83. The highest BCUT2D eigenvalue weighted by molar-refractivity contribution is 6.06. The van der Waals surface area contributed by atoms with Crippen molar-refractivity contribution in [1.82, 2.24) is 10.2 Å². The number of likely N-dealkylation sites (tertiary alicyclic amines) is 1. The summed E-state index contributed by atoms with van der Waals surface area (Å²) in [6, 6.07) is 8.05. The zero-order valence-electron chi connectivity index (χ0n) is 12.1.